The zero-order valence-corrected chi connectivity index (χ0v) is 21.3. The Morgan fingerprint density at radius 1 is 1.06 bits per heavy atom. The first-order chi connectivity index (χ1) is 15.6. The van der Waals surface area contributed by atoms with E-state index in [0.717, 1.165) is 21.5 Å². The monoisotopic (exact) mass is 541 g/mol. The molecule has 0 unspecified atom stereocenters. The van der Waals surface area contributed by atoms with Gasteiger partial charge in [0.15, 0.2) is 0 Å². The number of nitrogens with one attached hydrogen (secondary N) is 1. The minimum Gasteiger partial charge on any atom is -0.354 e. The summed E-state index contributed by atoms with van der Waals surface area (Å²) in [4.78, 5) is 27.6. The summed E-state index contributed by atoms with van der Waals surface area (Å²) < 4.78 is 40.2. The van der Waals surface area contributed by atoms with Crippen LogP contribution in [-0.4, -0.2) is 50.5 Å². The lowest BCUT2D eigenvalue weighted by molar-refractivity contribution is -0.140. The van der Waals surface area contributed by atoms with Gasteiger partial charge >= 0.3 is 0 Å². The van der Waals surface area contributed by atoms with Gasteiger partial charge in [0.25, 0.3) is 0 Å². The fourth-order valence-electron chi connectivity index (χ4n) is 3.29. The molecule has 2 amide bonds. The van der Waals surface area contributed by atoms with Gasteiger partial charge in [0.2, 0.25) is 21.8 Å². The molecule has 2 aromatic carbocycles. The summed E-state index contributed by atoms with van der Waals surface area (Å²) in [6.07, 6.45) is 2.09. The third-order valence-corrected chi connectivity index (χ3v) is 6.66. The Hall–Kier alpha value is -2.46. The topological polar surface area (TPSA) is 86.8 Å². The van der Waals surface area contributed by atoms with E-state index in [2.05, 4.69) is 21.2 Å². The lowest BCUT2D eigenvalue weighted by Crippen LogP contribution is -2.52. The number of halogens is 2. The Balaban J connectivity index is 2.39. The molecule has 0 heterocycles. The number of benzene rings is 2. The van der Waals surface area contributed by atoms with Crippen LogP contribution in [0.1, 0.15) is 32.3 Å². The Morgan fingerprint density at radius 3 is 2.18 bits per heavy atom. The van der Waals surface area contributed by atoms with Crippen molar-refractivity contribution in [2.45, 2.75) is 39.3 Å². The molecule has 0 aliphatic heterocycles. The maximum Gasteiger partial charge on any atom is 0.244 e. The molecule has 0 spiro atoms. The normalized spacial score (nSPS) is 12.2. The maximum absolute atomic E-state index is 13.4. The molecular weight excluding hydrogens is 513 g/mol. The largest absolute Gasteiger partial charge is 0.354 e. The zero-order chi connectivity index (χ0) is 24.6. The van der Waals surface area contributed by atoms with E-state index in [4.69, 9.17) is 0 Å². The molecule has 33 heavy (non-hydrogen) atoms. The van der Waals surface area contributed by atoms with Crippen LogP contribution in [0.4, 0.5) is 10.1 Å². The molecule has 0 aliphatic carbocycles. The number of hydrogen-bond acceptors (Lipinski definition) is 4. The summed E-state index contributed by atoms with van der Waals surface area (Å²) in [7, 11) is -3.78. The summed E-state index contributed by atoms with van der Waals surface area (Å²) in [5.41, 5.74) is 0.959. The first-order valence-electron chi connectivity index (χ1n) is 10.6. The predicted molar refractivity (Wildman–Crippen MR) is 131 cm³/mol. The molecule has 2 rings (SSSR count). The van der Waals surface area contributed by atoms with Gasteiger partial charge in [0.1, 0.15) is 18.4 Å². The Bertz CT molecular complexity index is 1050. The lowest BCUT2D eigenvalue weighted by Gasteiger charge is -2.32. The van der Waals surface area contributed by atoms with E-state index in [9.17, 15) is 22.4 Å². The second-order valence-corrected chi connectivity index (χ2v) is 10.4. The second-order valence-electron chi connectivity index (χ2n) is 7.61. The van der Waals surface area contributed by atoms with Gasteiger partial charge < -0.3 is 10.2 Å². The number of hydrogen-bond donors (Lipinski definition) is 1. The molecule has 10 heteroatoms. The van der Waals surface area contributed by atoms with Crippen LogP contribution in [0.3, 0.4) is 0 Å². The average Bonchev–Trinajstić information content (AvgIpc) is 2.77. The summed E-state index contributed by atoms with van der Waals surface area (Å²) in [6.45, 7) is 3.73. The standard InChI is InChI=1S/C23H29BrFN3O4S/c1-4-14-26-23(30)21(5-2)27(15-17-6-10-19(25)11-7-17)22(29)16-28(33(3,31)32)20-12-8-18(24)9-13-20/h6-13,21H,4-5,14-16H2,1-3H3,(H,26,30)/t21-/m1/s1. The smallest absolute Gasteiger partial charge is 0.244 e. The molecule has 7 nitrogen and oxygen atoms in total. The van der Waals surface area contributed by atoms with Crippen LogP contribution in [-0.2, 0) is 26.2 Å². The van der Waals surface area contributed by atoms with E-state index >= 15 is 0 Å². The quantitative estimate of drug-likeness (QED) is 0.470. The maximum atomic E-state index is 13.4. The summed E-state index contributed by atoms with van der Waals surface area (Å²) >= 11 is 3.31. The summed E-state index contributed by atoms with van der Waals surface area (Å²) in [6, 6.07) is 11.4. The van der Waals surface area contributed by atoms with Crippen LogP contribution in [0.2, 0.25) is 0 Å². The van der Waals surface area contributed by atoms with Crippen molar-refractivity contribution in [1.82, 2.24) is 10.2 Å². The number of anilines is 1. The molecule has 0 saturated heterocycles. The highest BCUT2D eigenvalue weighted by Crippen LogP contribution is 2.22. The molecule has 0 fully saturated rings. The van der Waals surface area contributed by atoms with E-state index in [1.165, 1.54) is 29.2 Å². The minimum absolute atomic E-state index is 0.0368. The predicted octanol–water partition coefficient (Wildman–Crippen LogP) is 3.69. The van der Waals surface area contributed by atoms with Crippen molar-refractivity contribution < 1.29 is 22.4 Å². The average molecular weight is 542 g/mol. The molecule has 180 valence electrons. The SMILES string of the molecule is CCCNC(=O)[C@@H](CC)N(Cc1ccc(F)cc1)C(=O)CN(c1ccc(Br)cc1)S(C)(=O)=O. The van der Waals surface area contributed by atoms with Crippen molar-refractivity contribution >= 4 is 43.5 Å². The van der Waals surface area contributed by atoms with Crippen molar-refractivity contribution in [2.24, 2.45) is 0 Å². The Kier molecular flexibility index (Phi) is 9.85. The van der Waals surface area contributed by atoms with Gasteiger partial charge in [0, 0.05) is 17.6 Å². The molecular formula is C23H29BrFN3O4S. The van der Waals surface area contributed by atoms with Gasteiger partial charge in [-0.05, 0) is 54.8 Å². The van der Waals surface area contributed by atoms with Gasteiger partial charge in [-0.2, -0.15) is 0 Å². The van der Waals surface area contributed by atoms with Crippen LogP contribution in [0.15, 0.2) is 53.0 Å². The van der Waals surface area contributed by atoms with Gasteiger partial charge in [-0.3, -0.25) is 13.9 Å². The van der Waals surface area contributed by atoms with Crippen LogP contribution in [0, 0.1) is 5.82 Å². The Labute approximate surface area is 203 Å². The fourth-order valence-corrected chi connectivity index (χ4v) is 4.41. The molecule has 0 aliphatic rings. The van der Waals surface area contributed by atoms with Crippen LogP contribution >= 0.6 is 15.9 Å². The number of rotatable bonds is 11. The highest BCUT2D eigenvalue weighted by Gasteiger charge is 2.31. The van der Waals surface area contributed by atoms with Crippen LogP contribution < -0.4 is 9.62 Å². The van der Waals surface area contributed by atoms with Gasteiger partial charge in [-0.25, -0.2) is 12.8 Å². The van der Waals surface area contributed by atoms with E-state index < -0.39 is 34.3 Å². The molecule has 2 aromatic rings. The number of carbonyl (C=O) groups excluding carboxylic acids is 2. The number of nitrogens with zero attached hydrogens (tertiary/aromatic N) is 2. The summed E-state index contributed by atoms with van der Waals surface area (Å²) in [5, 5.41) is 2.81. The second kappa shape index (κ2) is 12.1. The first-order valence-corrected chi connectivity index (χ1v) is 13.3. The van der Waals surface area contributed by atoms with Gasteiger partial charge in [0.05, 0.1) is 11.9 Å². The van der Waals surface area contributed by atoms with Crippen LogP contribution in [0.5, 0.6) is 0 Å². The lowest BCUT2D eigenvalue weighted by atomic mass is 10.1. The van der Waals surface area contributed by atoms with Crippen molar-refractivity contribution in [2.75, 3.05) is 23.7 Å². The third-order valence-electron chi connectivity index (χ3n) is 5.00. The van der Waals surface area contributed by atoms with Crippen molar-refractivity contribution in [3.63, 3.8) is 0 Å². The van der Waals surface area contributed by atoms with Gasteiger partial charge in [-0.1, -0.05) is 41.9 Å². The third kappa shape index (κ3) is 7.82. The van der Waals surface area contributed by atoms with Gasteiger partial charge in [-0.15, -0.1) is 0 Å². The Morgan fingerprint density at radius 2 is 1.67 bits per heavy atom. The fraction of sp³-hybridized carbons (Fsp3) is 0.391. The number of carbonyl (C=O) groups is 2. The molecule has 0 saturated carbocycles. The number of amides is 2. The highest BCUT2D eigenvalue weighted by atomic mass is 79.9. The van der Waals surface area contributed by atoms with Crippen LogP contribution in [0.25, 0.3) is 0 Å². The molecule has 0 bridgehead atoms. The molecule has 1 N–H and O–H groups in total. The van der Waals surface area contributed by atoms with E-state index in [1.807, 2.05) is 6.92 Å². The first kappa shape index (κ1) is 26.8. The van der Waals surface area contributed by atoms with E-state index in [1.54, 1.807) is 31.2 Å². The molecule has 1 atom stereocenters. The van der Waals surface area contributed by atoms with Crippen molar-refractivity contribution in [1.29, 1.82) is 0 Å². The van der Waals surface area contributed by atoms with E-state index in [0.29, 0.717) is 24.2 Å². The number of sulfonamides is 1. The zero-order valence-electron chi connectivity index (χ0n) is 18.9. The summed E-state index contributed by atoms with van der Waals surface area (Å²) in [5.74, 6) is -1.27. The minimum atomic E-state index is -3.78. The highest BCUT2D eigenvalue weighted by molar-refractivity contribution is 9.10. The van der Waals surface area contributed by atoms with E-state index in [-0.39, 0.29) is 12.5 Å². The molecule has 0 aromatic heterocycles. The molecule has 0 radical (unpaired) electrons. The van der Waals surface area contributed by atoms with Crippen molar-refractivity contribution in [3.05, 3.63) is 64.4 Å². The van der Waals surface area contributed by atoms with Crippen molar-refractivity contribution in [3.8, 4) is 0 Å².